The zero-order valence-corrected chi connectivity index (χ0v) is 24.5. The molecule has 19 heteroatoms. The van der Waals surface area contributed by atoms with Gasteiger partial charge in [0.15, 0.2) is 0 Å². The van der Waals surface area contributed by atoms with Crippen molar-refractivity contribution >= 4 is 14.2 Å². The van der Waals surface area contributed by atoms with E-state index in [4.69, 9.17) is 23.0 Å². The number of hydrogen-bond donors (Lipinski definition) is 4. The minimum absolute atomic E-state index is 0.0125. The number of hydrogen-bond acceptors (Lipinski definition) is 13. The van der Waals surface area contributed by atoms with Crippen molar-refractivity contribution in [3.63, 3.8) is 0 Å². The van der Waals surface area contributed by atoms with Crippen molar-refractivity contribution in [3.8, 4) is 0 Å². The molecule has 1 amide bonds. The minimum atomic E-state index is -4.51. The summed E-state index contributed by atoms with van der Waals surface area (Å²) in [4.78, 5) is 64.6. The molecule has 2 aromatic heterocycles. The van der Waals surface area contributed by atoms with E-state index in [-0.39, 0.29) is 37.1 Å². The number of H-pyrrole nitrogens is 2. The summed E-state index contributed by atoms with van der Waals surface area (Å²) in [6.07, 6.45) is -3.45. The van der Waals surface area contributed by atoms with Crippen LogP contribution in [0.25, 0.3) is 0 Å². The van der Waals surface area contributed by atoms with Gasteiger partial charge in [-0.15, -0.1) is 0 Å². The summed E-state index contributed by atoms with van der Waals surface area (Å²) in [6.45, 7) is 1.61. The largest absolute Gasteiger partial charge is 0.475 e. The molecule has 0 aromatic carbocycles. The number of aromatic nitrogens is 4. The number of likely N-dealkylation sites (N-methyl/N-ethyl adjacent to an activating group) is 1. The van der Waals surface area contributed by atoms with Gasteiger partial charge in [-0.3, -0.25) is 47.1 Å². The number of aryl methyl sites for hydroxylation is 2. The molecular formula is C24H34N5O13P. The van der Waals surface area contributed by atoms with Crippen LogP contribution in [0.1, 0.15) is 36.4 Å². The first-order valence-corrected chi connectivity index (χ1v) is 14.8. The Balaban J connectivity index is 1.49. The molecule has 2 fully saturated rings. The van der Waals surface area contributed by atoms with Gasteiger partial charge in [-0.05, 0) is 13.8 Å². The van der Waals surface area contributed by atoms with Crippen molar-refractivity contribution in [1.82, 2.24) is 24.0 Å². The van der Waals surface area contributed by atoms with E-state index in [1.165, 1.54) is 38.2 Å². The number of aromatic amines is 2. The molecule has 43 heavy (non-hydrogen) atoms. The first kappa shape index (κ1) is 32.7. The van der Waals surface area contributed by atoms with E-state index in [0.717, 1.165) is 9.13 Å². The van der Waals surface area contributed by atoms with Crippen LogP contribution in [0.15, 0.2) is 31.6 Å². The Morgan fingerprint density at radius 3 is 2.12 bits per heavy atom. The lowest BCUT2D eigenvalue weighted by Gasteiger charge is -2.25. The van der Waals surface area contributed by atoms with Crippen LogP contribution >= 0.6 is 7.82 Å². The summed E-state index contributed by atoms with van der Waals surface area (Å²) in [5.41, 5.74) is -2.15. The molecule has 238 valence electrons. The second-order valence-electron chi connectivity index (χ2n) is 10.2. The van der Waals surface area contributed by atoms with Gasteiger partial charge in [0.05, 0.1) is 25.9 Å². The van der Waals surface area contributed by atoms with E-state index in [0.29, 0.717) is 6.41 Å². The van der Waals surface area contributed by atoms with E-state index in [9.17, 15) is 38.8 Å². The normalized spacial score (nSPS) is 26.8. The molecule has 2 aromatic rings. The molecule has 4 rings (SSSR count). The number of aliphatic hydroxyl groups is 2. The highest BCUT2D eigenvalue weighted by molar-refractivity contribution is 7.48. The Kier molecular flexibility index (Phi) is 10.3. The highest BCUT2D eigenvalue weighted by Gasteiger charge is 2.44. The van der Waals surface area contributed by atoms with Crippen molar-refractivity contribution in [2.75, 3.05) is 33.4 Å². The summed E-state index contributed by atoms with van der Waals surface area (Å²) < 4.78 is 44.2. The Morgan fingerprint density at radius 1 is 1.00 bits per heavy atom. The van der Waals surface area contributed by atoms with Crippen LogP contribution in [-0.4, -0.2) is 98.5 Å². The highest BCUT2D eigenvalue weighted by atomic mass is 31.2. The van der Waals surface area contributed by atoms with Crippen LogP contribution in [-0.2, 0) is 32.4 Å². The maximum absolute atomic E-state index is 13.8. The molecule has 7 atom stereocenters. The molecule has 1 unspecified atom stereocenters. The van der Waals surface area contributed by atoms with Crippen LogP contribution < -0.4 is 22.5 Å². The Labute approximate surface area is 243 Å². The topological polar surface area (TPSA) is 234 Å². The molecule has 0 radical (unpaired) electrons. The predicted octanol–water partition coefficient (Wildman–Crippen LogP) is -1.75. The Bertz CT molecular complexity index is 1580. The fraction of sp³-hybridized carbons (Fsp3) is 0.625. The molecule has 18 nitrogen and oxygen atoms in total. The van der Waals surface area contributed by atoms with Crippen LogP contribution in [0.4, 0.5) is 0 Å². The van der Waals surface area contributed by atoms with Crippen LogP contribution in [0.5, 0.6) is 0 Å². The molecule has 0 bridgehead atoms. The number of rotatable bonds is 13. The molecule has 2 saturated heterocycles. The third kappa shape index (κ3) is 7.66. The number of ether oxygens (including phenoxy) is 2. The number of nitrogens with one attached hydrogen (secondary N) is 2. The standard InChI is InChI=1S/C24H34N5O13P/c1-13-8-28(23(35)25-21(13)33)19-6-15(32)18(41-19)11-39-43(37,38-5-4-27(3)12-31)42-16-7-20(40-17(16)10-30)29-9-14(2)22(34)26-24(29)36/h8-9,12,15-20,30,32H,4-7,10-11H2,1-3H3,(H,25,33,35)(H,26,34,36)/t15-,16-,17+,18+,19+,20+,43?/m0/s1. The second kappa shape index (κ2) is 13.6. The number of carbonyl (C=O) groups is 1. The van der Waals surface area contributed by atoms with Gasteiger partial charge in [0.1, 0.15) is 30.8 Å². The molecule has 4 N–H and O–H groups in total. The van der Waals surface area contributed by atoms with E-state index >= 15 is 0 Å². The fourth-order valence-corrected chi connectivity index (χ4v) is 5.94. The minimum Gasteiger partial charge on any atom is -0.394 e. The highest BCUT2D eigenvalue weighted by Crippen LogP contribution is 2.53. The quantitative estimate of drug-likeness (QED) is 0.142. The molecular weight excluding hydrogens is 597 g/mol. The lowest BCUT2D eigenvalue weighted by molar-refractivity contribution is -0.117. The number of phosphoric acid groups is 1. The lowest BCUT2D eigenvalue weighted by Crippen LogP contribution is -2.33. The van der Waals surface area contributed by atoms with Crippen LogP contribution in [0, 0.1) is 13.8 Å². The molecule has 0 spiro atoms. The second-order valence-corrected chi connectivity index (χ2v) is 11.9. The fourth-order valence-electron chi connectivity index (χ4n) is 4.56. The summed E-state index contributed by atoms with van der Waals surface area (Å²) >= 11 is 0. The maximum Gasteiger partial charge on any atom is 0.475 e. The van der Waals surface area contributed by atoms with Gasteiger partial charge >= 0.3 is 19.2 Å². The average molecular weight is 632 g/mol. The first-order valence-electron chi connectivity index (χ1n) is 13.3. The summed E-state index contributed by atoms with van der Waals surface area (Å²) in [5, 5.41) is 20.5. The SMILES string of the molecule is Cc1cn([C@H]2C[C@H](OP(=O)(OCCN(C)C=O)OC[C@H]3O[C@@H](n4cc(C)c(=O)[nH]c4=O)C[C@@H]3O)[C@@H](CO)O2)c(=O)[nH]c1=O. The van der Waals surface area contributed by atoms with Gasteiger partial charge in [-0.2, -0.15) is 0 Å². The smallest absolute Gasteiger partial charge is 0.394 e. The first-order chi connectivity index (χ1) is 20.3. The van der Waals surface area contributed by atoms with Crippen LogP contribution in [0.3, 0.4) is 0 Å². The van der Waals surface area contributed by atoms with Gasteiger partial charge in [-0.25, -0.2) is 14.2 Å². The third-order valence-corrected chi connectivity index (χ3v) is 8.50. The molecule has 0 aliphatic carbocycles. The van der Waals surface area contributed by atoms with E-state index in [1.807, 2.05) is 0 Å². The zero-order valence-electron chi connectivity index (χ0n) is 23.6. The summed E-state index contributed by atoms with van der Waals surface area (Å²) in [7, 11) is -3.05. The average Bonchev–Trinajstić information content (AvgIpc) is 3.53. The van der Waals surface area contributed by atoms with Crippen molar-refractivity contribution in [3.05, 3.63) is 65.2 Å². The van der Waals surface area contributed by atoms with Gasteiger partial charge in [0.25, 0.3) is 11.1 Å². The van der Waals surface area contributed by atoms with Crippen molar-refractivity contribution in [1.29, 1.82) is 0 Å². The zero-order chi connectivity index (χ0) is 31.5. The Hall–Kier alpha value is -3.22. The van der Waals surface area contributed by atoms with E-state index < -0.39 is 80.4 Å². The summed E-state index contributed by atoms with van der Waals surface area (Å²) in [5.74, 6) is 0. The number of carbonyl (C=O) groups excluding carboxylic acids is 1. The van der Waals surface area contributed by atoms with Gasteiger partial charge in [0, 0.05) is 50.0 Å². The van der Waals surface area contributed by atoms with Crippen LogP contribution in [0.2, 0.25) is 0 Å². The number of amides is 1. The van der Waals surface area contributed by atoms with E-state index in [1.54, 1.807) is 0 Å². The van der Waals surface area contributed by atoms with Crippen molar-refractivity contribution in [2.45, 2.75) is 63.6 Å². The van der Waals surface area contributed by atoms with Gasteiger partial charge < -0.3 is 24.6 Å². The number of nitrogens with zero attached hydrogens (tertiary/aromatic N) is 3. The third-order valence-electron chi connectivity index (χ3n) is 7.01. The molecule has 2 aliphatic heterocycles. The monoisotopic (exact) mass is 631 g/mol. The lowest BCUT2D eigenvalue weighted by atomic mass is 10.2. The summed E-state index contributed by atoms with van der Waals surface area (Å²) in [6, 6.07) is 0. The van der Waals surface area contributed by atoms with Crippen molar-refractivity contribution in [2.24, 2.45) is 0 Å². The molecule has 2 aliphatic rings. The predicted molar refractivity (Wildman–Crippen MR) is 145 cm³/mol. The van der Waals surface area contributed by atoms with Crippen molar-refractivity contribution < 1.29 is 42.6 Å². The number of phosphoric ester groups is 1. The number of aliphatic hydroxyl groups excluding tert-OH is 2. The molecule has 0 saturated carbocycles. The maximum atomic E-state index is 13.8. The molecule has 4 heterocycles. The Morgan fingerprint density at radius 2 is 1.56 bits per heavy atom. The van der Waals surface area contributed by atoms with Gasteiger partial charge in [0.2, 0.25) is 6.41 Å². The van der Waals surface area contributed by atoms with Gasteiger partial charge in [-0.1, -0.05) is 0 Å². The van der Waals surface area contributed by atoms with E-state index in [2.05, 4.69) is 9.97 Å².